The molecule has 0 aromatic heterocycles. The Morgan fingerprint density at radius 2 is 1.56 bits per heavy atom. The molecule has 1 aliphatic carbocycles. The Morgan fingerprint density at radius 3 is 2.13 bits per heavy atom. The number of anilines is 1. The molecule has 0 aliphatic heterocycles. The summed E-state index contributed by atoms with van der Waals surface area (Å²) in [6.45, 7) is 1.21. The lowest BCUT2D eigenvalue weighted by atomic mass is 10.1. The lowest BCUT2D eigenvalue weighted by Gasteiger charge is -2.33. The van der Waals surface area contributed by atoms with Gasteiger partial charge in [-0.25, -0.2) is 12.8 Å². The molecule has 10 nitrogen and oxygen atoms in total. The van der Waals surface area contributed by atoms with Crippen LogP contribution in [0.25, 0.3) is 0 Å². The molecule has 12 heteroatoms. The van der Waals surface area contributed by atoms with E-state index >= 15 is 0 Å². The number of nitrogens with one attached hydrogen (secondary N) is 1. The van der Waals surface area contributed by atoms with Gasteiger partial charge in [0.1, 0.15) is 24.2 Å². The standard InChI is InChI=1S/C33H40FN3O7S/c1-5-29(33(39)35-25-8-6-7-9-25)36(21-23-10-16-27(42-2)17-11-23)32(38)22-37(26-14-12-24(34)13-15-26)45(40,41)28-18-19-30(43-3)31(20-28)44-4/h10-20,25,29H,5-9,21-22H2,1-4H3,(H,35,39)/t29-/m0/s1. The monoisotopic (exact) mass is 641 g/mol. The van der Waals surface area contributed by atoms with Crippen molar-refractivity contribution in [3.8, 4) is 17.2 Å². The van der Waals surface area contributed by atoms with E-state index < -0.39 is 34.3 Å². The van der Waals surface area contributed by atoms with Gasteiger partial charge in [0.15, 0.2) is 11.5 Å². The fourth-order valence-corrected chi connectivity index (χ4v) is 6.89. The van der Waals surface area contributed by atoms with Gasteiger partial charge in [0.25, 0.3) is 10.0 Å². The molecule has 2 amide bonds. The van der Waals surface area contributed by atoms with Gasteiger partial charge >= 0.3 is 0 Å². The highest BCUT2D eigenvalue weighted by Crippen LogP contribution is 2.32. The molecule has 1 aliphatic rings. The van der Waals surface area contributed by atoms with Crippen molar-refractivity contribution < 1.29 is 36.6 Å². The van der Waals surface area contributed by atoms with Crippen LogP contribution in [0, 0.1) is 5.82 Å². The van der Waals surface area contributed by atoms with Crippen molar-refractivity contribution in [1.82, 2.24) is 10.2 Å². The van der Waals surface area contributed by atoms with Gasteiger partial charge in [-0.15, -0.1) is 0 Å². The van der Waals surface area contributed by atoms with Crippen LogP contribution in [0.4, 0.5) is 10.1 Å². The number of rotatable bonds is 14. The van der Waals surface area contributed by atoms with Gasteiger partial charge in [0.2, 0.25) is 11.8 Å². The minimum absolute atomic E-state index is 0.0330. The molecule has 45 heavy (non-hydrogen) atoms. The molecule has 0 heterocycles. The van der Waals surface area contributed by atoms with Gasteiger partial charge in [0, 0.05) is 18.7 Å². The molecule has 1 saturated carbocycles. The molecule has 1 fully saturated rings. The van der Waals surface area contributed by atoms with Crippen LogP contribution >= 0.6 is 0 Å². The van der Waals surface area contributed by atoms with Crippen molar-refractivity contribution in [2.75, 3.05) is 32.2 Å². The average molecular weight is 642 g/mol. The first-order valence-electron chi connectivity index (χ1n) is 14.8. The second-order valence-electron chi connectivity index (χ2n) is 10.8. The lowest BCUT2D eigenvalue weighted by molar-refractivity contribution is -0.140. The summed E-state index contributed by atoms with van der Waals surface area (Å²) in [6.07, 6.45) is 4.10. The first-order valence-corrected chi connectivity index (χ1v) is 16.3. The van der Waals surface area contributed by atoms with E-state index in [4.69, 9.17) is 14.2 Å². The van der Waals surface area contributed by atoms with Crippen molar-refractivity contribution in [1.29, 1.82) is 0 Å². The normalized spacial score (nSPS) is 14.0. The molecular formula is C33H40FN3O7S. The highest BCUT2D eigenvalue weighted by Gasteiger charge is 2.35. The average Bonchev–Trinajstić information content (AvgIpc) is 3.56. The van der Waals surface area contributed by atoms with Crippen molar-refractivity contribution in [3.05, 3.63) is 78.1 Å². The van der Waals surface area contributed by atoms with E-state index in [1.807, 2.05) is 6.92 Å². The van der Waals surface area contributed by atoms with E-state index in [1.165, 1.54) is 49.5 Å². The summed E-state index contributed by atoms with van der Waals surface area (Å²) in [4.78, 5) is 29.1. The molecule has 0 spiro atoms. The number of carbonyl (C=O) groups excluding carboxylic acids is 2. The number of hydrogen-bond donors (Lipinski definition) is 1. The van der Waals surface area contributed by atoms with E-state index in [-0.39, 0.29) is 34.8 Å². The first-order chi connectivity index (χ1) is 21.6. The van der Waals surface area contributed by atoms with Crippen LogP contribution in [0.15, 0.2) is 71.6 Å². The van der Waals surface area contributed by atoms with Gasteiger partial charge in [-0.3, -0.25) is 13.9 Å². The SMILES string of the molecule is CC[C@@H](C(=O)NC1CCCC1)N(Cc1ccc(OC)cc1)C(=O)CN(c1ccc(F)cc1)S(=O)(=O)c1ccc(OC)c(OC)c1. The second-order valence-corrected chi connectivity index (χ2v) is 12.7. The highest BCUT2D eigenvalue weighted by atomic mass is 32.2. The van der Waals surface area contributed by atoms with Crippen LogP contribution in [0.3, 0.4) is 0 Å². The Bertz CT molecular complexity index is 1560. The summed E-state index contributed by atoms with van der Waals surface area (Å²) in [5.41, 5.74) is 0.805. The van der Waals surface area contributed by atoms with E-state index in [0.29, 0.717) is 17.9 Å². The number of nitrogens with zero attached hydrogens (tertiary/aromatic N) is 2. The Kier molecular flexibility index (Phi) is 11.3. The number of hydrogen-bond acceptors (Lipinski definition) is 7. The van der Waals surface area contributed by atoms with Gasteiger partial charge in [-0.2, -0.15) is 0 Å². The minimum atomic E-state index is -4.40. The highest BCUT2D eigenvalue weighted by molar-refractivity contribution is 7.92. The number of ether oxygens (including phenoxy) is 3. The molecule has 0 saturated heterocycles. The summed E-state index contributed by atoms with van der Waals surface area (Å²) in [5.74, 6) is -0.323. The van der Waals surface area contributed by atoms with E-state index in [1.54, 1.807) is 31.4 Å². The second kappa shape index (κ2) is 15.1. The summed E-state index contributed by atoms with van der Waals surface area (Å²) in [6, 6.07) is 15.2. The van der Waals surface area contributed by atoms with Gasteiger partial charge in [0.05, 0.1) is 31.9 Å². The van der Waals surface area contributed by atoms with Crippen LogP contribution < -0.4 is 23.8 Å². The fraction of sp³-hybridized carbons (Fsp3) is 0.394. The number of benzene rings is 3. The first kappa shape index (κ1) is 33.6. The molecule has 3 aromatic carbocycles. The molecule has 1 N–H and O–H groups in total. The molecule has 3 aromatic rings. The van der Waals surface area contributed by atoms with Crippen molar-refractivity contribution >= 4 is 27.5 Å². The lowest BCUT2D eigenvalue weighted by Crippen LogP contribution is -2.53. The zero-order valence-electron chi connectivity index (χ0n) is 26.0. The Hall–Kier alpha value is -4.32. The van der Waals surface area contributed by atoms with Crippen LogP contribution in [0.5, 0.6) is 17.2 Å². The van der Waals surface area contributed by atoms with Crippen LogP contribution in [-0.4, -0.2) is 65.1 Å². The summed E-state index contributed by atoms with van der Waals surface area (Å²) in [7, 11) is -0.0323. The van der Waals surface area contributed by atoms with Crippen molar-refractivity contribution in [2.24, 2.45) is 0 Å². The molecule has 242 valence electrons. The smallest absolute Gasteiger partial charge is 0.264 e. The van der Waals surface area contributed by atoms with E-state index in [0.717, 1.165) is 47.7 Å². The Balaban J connectivity index is 1.73. The maximum absolute atomic E-state index is 14.3. The number of methoxy groups -OCH3 is 3. The predicted octanol–water partition coefficient (Wildman–Crippen LogP) is 4.91. The molecule has 0 bridgehead atoms. The van der Waals surface area contributed by atoms with Gasteiger partial charge < -0.3 is 24.4 Å². The molecule has 0 radical (unpaired) electrons. The van der Waals surface area contributed by atoms with Gasteiger partial charge in [-0.1, -0.05) is 31.9 Å². The quantitative estimate of drug-likeness (QED) is 0.266. The summed E-state index contributed by atoms with van der Waals surface area (Å²) >= 11 is 0. The van der Waals surface area contributed by atoms with Crippen molar-refractivity contribution in [2.45, 2.75) is 62.6 Å². The zero-order chi connectivity index (χ0) is 32.6. The Morgan fingerprint density at radius 1 is 0.911 bits per heavy atom. The Labute approximate surface area is 264 Å². The molecule has 0 unspecified atom stereocenters. The third-order valence-corrected chi connectivity index (χ3v) is 9.71. The predicted molar refractivity (Wildman–Crippen MR) is 168 cm³/mol. The fourth-order valence-electron chi connectivity index (χ4n) is 5.45. The third kappa shape index (κ3) is 8.05. The van der Waals surface area contributed by atoms with Crippen molar-refractivity contribution in [3.63, 3.8) is 0 Å². The van der Waals surface area contributed by atoms with Gasteiger partial charge in [-0.05, 0) is 73.4 Å². The molecule has 1 atom stereocenters. The summed E-state index contributed by atoms with van der Waals surface area (Å²) < 4.78 is 59.0. The number of sulfonamides is 1. The summed E-state index contributed by atoms with van der Waals surface area (Å²) in [5, 5.41) is 3.09. The third-order valence-electron chi connectivity index (χ3n) is 7.94. The molecule has 4 rings (SSSR count). The minimum Gasteiger partial charge on any atom is -0.497 e. The number of amides is 2. The van der Waals surface area contributed by atoms with Crippen LogP contribution in [0.1, 0.15) is 44.6 Å². The number of halogens is 1. The zero-order valence-corrected chi connectivity index (χ0v) is 26.8. The molecular weight excluding hydrogens is 601 g/mol. The van der Waals surface area contributed by atoms with Crippen LogP contribution in [0.2, 0.25) is 0 Å². The van der Waals surface area contributed by atoms with E-state index in [9.17, 15) is 22.4 Å². The number of carbonyl (C=O) groups is 2. The topological polar surface area (TPSA) is 114 Å². The maximum atomic E-state index is 14.3. The maximum Gasteiger partial charge on any atom is 0.264 e. The van der Waals surface area contributed by atoms with Crippen LogP contribution in [-0.2, 0) is 26.2 Å². The largest absolute Gasteiger partial charge is 0.497 e. The van der Waals surface area contributed by atoms with E-state index in [2.05, 4.69) is 5.32 Å².